The van der Waals surface area contributed by atoms with E-state index in [9.17, 15) is 0 Å². The van der Waals surface area contributed by atoms with Crippen LogP contribution >= 0.6 is 0 Å². The van der Waals surface area contributed by atoms with Crippen molar-refractivity contribution in [1.82, 2.24) is 0 Å². The predicted molar refractivity (Wildman–Crippen MR) is 77.9 cm³/mol. The number of hydrogen-bond acceptors (Lipinski definition) is 5. The van der Waals surface area contributed by atoms with E-state index in [0.717, 1.165) is 11.3 Å². The molecule has 0 fully saturated rings. The van der Waals surface area contributed by atoms with Crippen molar-refractivity contribution in [2.75, 3.05) is 52.0 Å². The first kappa shape index (κ1) is 16.4. The van der Waals surface area contributed by atoms with Gasteiger partial charge in [-0.05, 0) is 24.6 Å². The zero-order chi connectivity index (χ0) is 14.6. The average Bonchev–Trinajstić information content (AvgIpc) is 2.47. The van der Waals surface area contributed by atoms with Gasteiger partial charge in [0.15, 0.2) is 0 Å². The van der Waals surface area contributed by atoms with Gasteiger partial charge in [0.1, 0.15) is 0 Å². The Bertz CT molecular complexity index is 430. The predicted octanol–water partition coefficient (Wildman–Crippen LogP) is 1.96. The highest BCUT2D eigenvalue weighted by Gasteiger charge is 1.99. The molecule has 0 heterocycles. The lowest BCUT2D eigenvalue weighted by Crippen LogP contribution is -2.14. The molecule has 0 bridgehead atoms. The largest absolute Gasteiger partial charge is 0.382 e. The molecule has 1 rings (SSSR count). The van der Waals surface area contributed by atoms with E-state index in [4.69, 9.17) is 19.5 Å². The van der Waals surface area contributed by atoms with Crippen LogP contribution in [0, 0.1) is 18.3 Å². The van der Waals surface area contributed by atoms with E-state index in [1.54, 1.807) is 7.11 Å². The number of nitrogens with zero attached hydrogens (tertiary/aromatic N) is 1. The number of ether oxygens (including phenoxy) is 3. The molecule has 0 saturated carbocycles. The lowest BCUT2D eigenvalue weighted by molar-refractivity contribution is 0.0272. The number of benzene rings is 1. The number of methoxy groups -OCH3 is 1. The fourth-order valence-corrected chi connectivity index (χ4v) is 1.60. The molecular formula is C15H22N2O3. The van der Waals surface area contributed by atoms with Crippen LogP contribution in [0.15, 0.2) is 18.2 Å². The van der Waals surface area contributed by atoms with Crippen molar-refractivity contribution in [1.29, 1.82) is 5.26 Å². The molecule has 0 amide bonds. The van der Waals surface area contributed by atoms with Gasteiger partial charge in [0.05, 0.1) is 44.7 Å². The Kier molecular flexibility index (Phi) is 8.40. The minimum absolute atomic E-state index is 0.572. The molecule has 1 N–H and O–H groups in total. The van der Waals surface area contributed by atoms with Crippen molar-refractivity contribution >= 4 is 5.69 Å². The standard InChI is InChI=1S/C15H22N2O3/c1-13-3-4-14(12-16)11-15(13)17-5-6-19-9-10-20-8-7-18-2/h3-4,11,17H,5-10H2,1-2H3. The molecule has 1 aromatic rings. The Labute approximate surface area is 120 Å². The molecule has 0 aliphatic heterocycles. The third-order valence-corrected chi connectivity index (χ3v) is 2.73. The summed E-state index contributed by atoms with van der Waals surface area (Å²) in [5.41, 5.74) is 2.75. The van der Waals surface area contributed by atoms with E-state index in [1.165, 1.54) is 0 Å². The Hall–Kier alpha value is -1.61. The van der Waals surface area contributed by atoms with Gasteiger partial charge in [-0.1, -0.05) is 6.07 Å². The number of hydrogen-bond donors (Lipinski definition) is 1. The van der Waals surface area contributed by atoms with E-state index in [0.29, 0.717) is 45.1 Å². The van der Waals surface area contributed by atoms with E-state index in [-0.39, 0.29) is 0 Å². The summed E-state index contributed by atoms with van der Waals surface area (Å²) in [6.45, 7) is 5.66. The van der Waals surface area contributed by atoms with E-state index in [2.05, 4.69) is 11.4 Å². The van der Waals surface area contributed by atoms with E-state index < -0.39 is 0 Å². The third-order valence-electron chi connectivity index (χ3n) is 2.73. The van der Waals surface area contributed by atoms with Crippen molar-refractivity contribution in [2.45, 2.75) is 6.92 Å². The topological polar surface area (TPSA) is 63.5 Å². The van der Waals surface area contributed by atoms with Crippen LogP contribution < -0.4 is 5.32 Å². The molecule has 110 valence electrons. The molecular weight excluding hydrogens is 256 g/mol. The fourth-order valence-electron chi connectivity index (χ4n) is 1.60. The molecule has 0 aliphatic carbocycles. The van der Waals surface area contributed by atoms with Crippen molar-refractivity contribution in [3.63, 3.8) is 0 Å². The van der Waals surface area contributed by atoms with Crippen molar-refractivity contribution in [2.24, 2.45) is 0 Å². The molecule has 0 aliphatic rings. The third kappa shape index (κ3) is 6.53. The molecule has 0 radical (unpaired) electrons. The molecule has 1 aromatic carbocycles. The summed E-state index contributed by atoms with van der Waals surface area (Å²) in [7, 11) is 1.65. The Morgan fingerprint density at radius 3 is 2.50 bits per heavy atom. The summed E-state index contributed by atoms with van der Waals surface area (Å²) < 4.78 is 15.6. The molecule has 0 saturated heterocycles. The summed E-state index contributed by atoms with van der Waals surface area (Å²) >= 11 is 0. The maximum Gasteiger partial charge on any atom is 0.0992 e. The fraction of sp³-hybridized carbons (Fsp3) is 0.533. The molecule has 0 aromatic heterocycles. The first-order chi connectivity index (χ1) is 9.77. The zero-order valence-electron chi connectivity index (χ0n) is 12.1. The number of aryl methyl sites for hydroxylation is 1. The highest BCUT2D eigenvalue weighted by molar-refractivity contribution is 5.55. The van der Waals surface area contributed by atoms with Gasteiger partial charge in [-0.2, -0.15) is 5.26 Å². The van der Waals surface area contributed by atoms with Crippen LogP contribution in [0.5, 0.6) is 0 Å². The van der Waals surface area contributed by atoms with Gasteiger partial charge in [-0.15, -0.1) is 0 Å². The van der Waals surface area contributed by atoms with Crippen molar-refractivity contribution in [3.05, 3.63) is 29.3 Å². The normalized spacial score (nSPS) is 10.2. The summed E-state index contributed by atoms with van der Waals surface area (Å²) in [5, 5.41) is 12.1. The van der Waals surface area contributed by atoms with Gasteiger partial charge in [-0.25, -0.2) is 0 Å². The lowest BCUT2D eigenvalue weighted by atomic mass is 10.1. The van der Waals surface area contributed by atoms with E-state index >= 15 is 0 Å². The van der Waals surface area contributed by atoms with Crippen LogP contribution in [0.3, 0.4) is 0 Å². The second-order valence-electron chi connectivity index (χ2n) is 4.29. The Morgan fingerprint density at radius 2 is 1.80 bits per heavy atom. The van der Waals surface area contributed by atoms with Crippen LogP contribution in [0.4, 0.5) is 5.69 Å². The van der Waals surface area contributed by atoms with Crippen LogP contribution in [0.25, 0.3) is 0 Å². The monoisotopic (exact) mass is 278 g/mol. The minimum atomic E-state index is 0.572. The minimum Gasteiger partial charge on any atom is -0.382 e. The van der Waals surface area contributed by atoms with Crippen molar-refractivity contribution in [3.8, 4) is 6.07 Å². The van der Waals surface area contributed by atoms with E-state index in [1.807, 2.05) is 25.1 Å². The second-order valence-corrected chi connectivity index (χ2v) is 4.29. The molecule has 0 atom stereocenters. The van der Waals surface area contributed by atoms with Gasteiger partial charge in [0.25, 0.3) is 0 Å². The second kappa shape index (κ2) is 10.2. The highest BCUT2D eigenvalue weighted by Crippen LogP contribution is 2.15. The Balaban J connectivity index is 2.11. The van der Waals surface area contributed by atoms with Gasteiger partial charge in [-0.3, -0.25) is 0 Å². The average molecular weight is 278 g/mol. The van der Waals surface area contributed by atoms with Gasteiger partial charge in [0, 0.05) is 19.3 Å². The first-order valence-corrected chi connectivity index (χ1v) is 6.67. The van der Waals surface area contributed by atoms with Gasteiger partial charge >= 0.3 is 0 Å². The number of anilines is 1. The number of nitriles is 1. The quantitative estimate of drug-likeness (QED) is 0.663. The van der Waals surface area contributed by atoms with Gasteiger partial charge in [0.2, 0.25) is 0 Å². The maximum absolute atomic E-state index is 8.86. The number of nitrogens with one attached hydrogen (secondary N) is 1. The lowest BCUT2D eigenvalue weighted by Gasteiger charge is -2.10. The summed E-state index contributed by atoms with van der Waals surface area (Å²) in [5.74, 6) is 0. The van der Waals surface area contributed by atoms with Crippen LogP contribution in [-0.4, -0.2) is 46.7 Å². The maximum atomic E-state index is 8.86. The molecule has 20 heavy (non-hydrogen) atoms. The molecule has 0 spiro atoms. The summed E-state index contributed by atoms with van der Waals surface area (Å²) in [4.78, 5) is 0. The SMILES string of the molecule is COCCOCCOCCNc1cc(C#N)ccc1C. The van der Waals surface area contributed by atoms with Gasteiger partial charge < -0.3 is 19.5 Å². The smallest absolute Gasteiger partial charge is 0.0992 e. The summed E-state index contributed by atoms with van der Waals surface area (Å²) in [6, 6.07) is 7.73. The molecule has 5 heteroatoms. The zero-order valence-corrected chi connectivity index (χ0v) is 12.1. The van der Waals surface area contributed by atoms with Crippen LogP contribution in [0.1, 0.15) is 11.1 Å². The molecule has 5 nitrogen and oxygen atoms in total. The number of rotatable bonds is 10. The van der Waals surface area contributed by atoms with Crippen LogP contribution in [0.2, 0.25) is 0 Å². The highest BCUT2D eigenvalue weighted by atomic mass is 16.5. The molecule has 0 unspecified atom stereocenters. The first-order valence-electron chi connectivity index (χ1n) is 6.67. The van der Waals surface area contributed by atoms with Crippen LogP contribution in [-0.2, 0) is 14.2 Å². The summed E-state index contributed by atoms with van der Waals surface area (Å²) in [6.07, 6.45) is 0. The van der Waals surface area contributed by atoms with Crippen molar-refractivity contribution < 1.29 is 14.2 Å². The Morgan fingerprint density at radius 1 is 1.10 bits per heavy atom.